The number of halogens is 1. The summed E-state index contributed by atoms with van der Waals surface area (Å²) >= 11 is 5.28. The molecule has 0 aliphatic heterocycles. The van der Waals surface area contributed by atoms with Crippen LogP contribution >= 0.6 is 11.6 Å². The second-order valence-corrected chi connectivity index (χ2v) is 2.59. The van der Waals surface area contributed by atoms with Gasteiger partial charge in [-0.15, -0.1) is 16.5 Å². The second-order valence-electron chi connectivity index (χ2n) is 2.32. The Kier molecular flexibility index (Phi) is 3.40. The van der Waals surface area contributed by atoms with Gasteiger partial charge in [0, 0.05) is 5.69 Å². The fraction of sp³-hybridized carbons (Fsp3) is 0.125. The van der Waals surface area contributed by atoms with Gasteiger partial charge in [-0.1, -0.05) is 6.07 Å². The van der Waals surface area contributed by atoms with Crippen molar-refractivity contribution < 1.29 is 4.79 Å². The average molecular weight is 199 g/mol. The third-order valence-electron chi connectivity index (χ3n) is 1.36. The summed E-state index contributed by atoms with van der Waals surface area (Å²) in [5.74, 6) is -0.427. The van der Waals surface area contributed by atoms with Crippen LogP contribution in [0.15, 0.2) is 29.4 Å². The Labute approximate surface area is 79.9 Å². The molecule has 0 heterocycles. The molecule has 0 radical (unpaired) electrons. The van der Waals surface area contributed by atoms with E-state index in [0.29, 0.717) is 5.69 Å². The highest BCUT2D eigenvalue weighted by atomic mass is 35.5. The van der Waals surface area contributed by atoms with Gasteiger partial charge in [0.25, 0.3) is 0 Å². The van der Waals surface area contributed by atoms with Crippen molar-refractivity contribution in [1.82, 2.24) is 0 Å². The first-order chi connectivity index (χ1) is 6.26. The predicted octanol–water partition coefficient (Wildman–Crippen LogP) is 2.26. The van der Waals surface area contributed by atoms with Crippen molar-refractivity contribution >= 4 is 28.9 Å². The van der Waals surface area contributed by atoms with E-state index >= 15 is 0 Å². The number of hydrogen-bond acceptors (Lipinski definition) is 3. The number of rotatable bonds is 3. The Morgan fingerprint density at radius 1 is 1.54 bits per heavy atom. The third kappa shape index (κ3) is 2.83. The lowest BCUT2D eigenvalue weighted by Gasteiger charge is -2.01. The van der Waals surface area contributed by atoms with E-state index in [2.05, 4.69) is 10.5 Å². The van der Waals surface area contributed by atoms with Gasteiger partial charge in [-0.05, 0) is 23.4 Å². The van der Waals surface area contributed by atoms with Gasteiger partial charge in [-0.25, -0.2) is 0 Å². The molecule has 0 aliphatic carbocycles. The van der Waals surface area contributed by atoms with Crippen LogP contribution in [0, 0.1) is 4.91 Å². The smallest absolute Gasteiger partial charge is 0.239 e. The normalized spacial score (nSPS) is 9.31. The van der Waals surface area contributed by atoms with E-state index in [4.69, 9.17) is 11.6 Å². The molecule has 68 valence electrons. The maximum Gasteiger partial charge on any atom is 0.239 e. The Morgan fingerprint density at radius 2 is 2.31 bits per heavy atom. The van der Waals surface area contributed by atoms with E-state index in [1.54, 1.807) is 18.2 Å². The zero-order chi connectivity index (χ0) is 9.68. The molecule has 0 atom stereocenters. The summed E-state index contributed by atoms with van der Waals surface area (Å²) in [5.41, 5.74) is 0.787. The first kappa shape index (κ1) is 9.67. The molecular formula is C8H7ClN2O2. The largest absolute Gasteiger partial charge is 0.325 e. The quantitative estimate of drug-likeness (QED) is 0.598. The molecule has 13 heavy (non-hydrogen) atoms. The minimum Gasteiger partial charge on any atom is -0.325 e. The third-order valence-corrected chi connectivity index (χ3v) is 1.60. The second kappa shape index (κ2) is 4.57. The monoisotopic (exact) mass is 198 g/mol. The summed E-state index contributed by atoms with van der Waals surface area (Å²) in [6.07, 6.45) is 0. The predicted molar refractivity (Wildman–Crippen MR) is 51.2 cm³/mol. The maximum atomic E-state index is 10.8. The lowest BCUT2D eigenvalue weighted by Crippen LogP contribution is -2.12. The number of nitrogens with one attached hydrogen (secondary N) is 1. The fourth-order valence-corrected chi connectivity index (χ4v) is 0.902. The number of amides is 1. The van der Waals surface area contributed by atoms with Crippen molar-refractivity contribution in [3.05, 3.63) is 29.2 Å². The van der Waals surface area contributed by atoms with Gasteiger partial charge < -0.3 is 5.32 Å². The first-order valence-corrected chi connectivity index (χ1v) is 4.09. The van der Waals surface area contributed by atoms with Gasteiger partial charge in [0.05, 0.1) is 0 Å². The molecule has 0 fully saturated rings. The van der Waals surface area contributed by atoms with Crippen LogP contribution in [0.4, 0.5) is 11.4 Å². The van der Waals surface area contributed by atoms with Gasteiger partial charge in [0.2, 0.25) is 5.91 Å². The molecule has 1 aromatic rings. The van der Waals surface area contributed by atoms with Crippen LogP contribution in [-0.4, -0.2) is 11.8 Å². The van der Waals surface area contributed by atoms with Crippen LogP contribution in [0.5, 0.6) is 0 Å². The summed E-state index contributed by atoms with van der Waals surface area (Å²) in [6.45, 7) is 0. The van der Waals surface area contributed by atoms with Crippen LogP contribution < -0.4 is 5.32 Å². The molecule has 1 N–H and O–H groups in total. The molecule has 1 rings (SSSR count). The maximum absolute atomic E-state index is 10.8. The van der Waals surface area contributed by atoms with Crippen molar-refractivity contribution in [3.8, 4) is 0 Å². The number of anilines is 1. The number of nitrogens with zero attached hydrogens (tertiary/aromatic N) is 1. The van der Waals surface area contributed by atoms with Gasteiger partial charge in [-0.2, -0.15) is 0 Å². The van der Waals surface area contributed by atoms with E-state index in [1.165, 1.54) is 6.07 Å². The topological polar surface area (TPSA) is 58.5 Å². The van der Waals surface area contributed by atoms with E-state index in [9.17, 15) is 9.70 Å². The number of alkyl halides is 1. The molecule has 0 bridgehead atoms. The van der Waals surface area contributed by atoms with Crippen LogP contribution in [0.25, 0.3) is 0 Å². The minimum absolute atomic E-state index is 0.112. The Morgan fingerprint density at radius 3 is 2.92 bits per heavy atom. The molecule has 5 heteroatoms. The first-order valence-electron chi connectivity index (χ1n) is 3.55. The Balaban J connectivity index is 2.77. The Hall–Kier alpha value is -1.42. The average Bonchev–Trinajstić information content (AvgIpc) is 2.18. The molecule has 0 aliphatic rings. The molecular weight excluding hydrogens is 192 g/mol. The Bertz CT molecular complexity index is 328. The molecule has 1 amide bonds. The van der Waals surface area contributed by atoms with Crippen LogP contribution in [0.2, 0.25) is 0 Å². The molecule has 4 nitrogen and oxygen atoms in total. The number of carbonyl (C=O) groups excluding carboxylic acids is 1. The lowest BCUT2D eigenvalue weighted by atomic mass is 10.3. The standard InChI is InChI=1S/C8H7ClN2O2/c9-5-8(12)10-6-2-1-3-7(4-6)11-13/h1-4H,5H2,(H,10,12). The van der Waals surface area contributed by atoms with Crippen molar-refractivity contribution in [3.63, 3.8) is 0 Å². The molecule has 0 saturated carbocycles. The van der Waals surface area contributed by atoms with Crippen molar-refractivity contribution in [1.29, 1.82) is 0 Å². The van der Waals surface area contributed by atoms with Gasteiger partial charge >= 0.3 is 0 Å². The van der Waals surface area contributed by atoms with Crippen LogP contribution in [0.1, 0.15) is 0 Å². The van der Waals surface area contributed by atoms with Gasteiger partial charge in [0.1, 0.15) is 11.6 Å². The van der Waals surface area contributed by atoms with Crippen molar-refractivity contribution in [2.45, 2.75) is 0 Å². The SMILES string of the molecule is O=Nc1cccc(NC(=O)CCl)c1. The molecule has 0 saturated heterocycles. The summed E-state index contributed by atoms with van der Waals surface area (Å²) in [7, 11) is 0. The fourth-order valence-electron chi connectivity index (χ4n) is 0.835. The molecule has 1 aromatic carbocycles. The van der Waals surface area contributed by atoms with Crippen molar-refractivity contribution in [2.75, 3.05) is 11.2 Å². The molecule has 0 unspecified atom stereocenters. The van der Waals surface area contributed by atoms with E-state index < -0.39 is 0 Å². The van der Waals surface area contributed by atoms with Gasteiger partial charge in [-0.3, -0.25) is 4.79 Å². The summed E-state index contributed by atoms with van der Waals surface area (Å²) in [6, 6.07) is 6.29. The van der Waals surface area contributed by atoms with Crippen molar-refractivity contribution in [2.24, 2.45) is 5.18 Å². The van der Waals surface area contributed by atoms with Gasteiger partial charge in [0.15, 0.2) is 0 Å². The minimum atomic E-state index is -0.315. The molecule has 0 spiro atoms. The van der Waals surface area contributed by atoms with E-state index in [1.807, 2.05) is 0 Å². The van der Waals surface area contributed by atoms with Crippen LogP contribution in [0.3, 0.4) is 0 Å². The zero-order valence-corrected chi connectivity index (χ0v) is 7.41. The molecule has 0 aromatic heterocycles. The highest BCUT2D eigenvalue weighted by Gasteiger charge is 2.00. The number of carbonyl (C=O) groups is 1. The summed E-state index contributed by atoms with van der Waals surface area (Å²) in [5, 5.41) is 5.23. The highest BCUT2D eigenvalue weighted by Crippen LogP contribution is 2.17. The number of benzene rings is 1. The van der Waals surface area contributed by atoms with Crippen LogP contribution in [-0.2, 0) is 4.79 Å². The lowest BCUT2D eigenvalue weighted by molar-refractivity contribution is -0.113. The zero-order valence-electron chi connectivity index (χ0n) is 6.66. The van der Waals surface area contributed by atoms with E-state index in [0.717, 1.165) is 0 Å². The highest BCUT2D eigenvalue weighted by molar-refractivity contribution is 6.29. The van der Waals surface area contributed by atoms with E-state index in [-0.39, 0.29) is 17.5 Å². The summed E-state index contributed by atoms with van der Waals surface area (Å²) < 4.78 is 0. The number of hydrogen-bond donors (Lipinski definition) is 1. The number of nitroso groups, excluding NO2 is 1. The summed E-state index contributed by atoms with van der Waals surface area (Å²) in [4.78, 5) is 21.0.